The van der Waals surface area contributed by atoms with Gasteiger partial charge in [0, 0.05) is 12.8 Å². The van der Waals surface area contributed by atoms with Crippen molar-refractivity contribution in [2.45, 2.75) is 142 Å². The predicted octanol–water partition coefficient (Wildman–Crippen LogP) is 8.99. The van der Waals surface area contributed by atoms with Gasteiger partial charge in [0.25, 0.3) is 0 Å². The Kier molecular flexibility index (Phi) is 18.8. The molecule has 1 atom stereocenters. The number of carbonyl (C=O) groups is 3. The van der Waals surface area contributed by atoms with Crippen LogP contribution in [0.15, 0.2) is 24.3 Å². The number of ether oxygens (including phenoxy) is 3. The van der Waals surface area contributed by atoms with E-state index in [1.54, 1.807) is 0 Å². The molecule has 0 aromatic carbocycles. The second kappa shape index (κ2) is 22.5. The summed E-state index contributed by atoms with van der Waals surface area (Å²) in [4.78, 5) is 40.3. The van der Waals surface area contributed by atoms with Crippen LogP contribution in [0.2, 0.25) is 0 Å². The van der Waals surface area contributed by atoms with E-state index < -0.39 is 0 Å². The van der Waals surface area contributed by atoms with Crippen molar-refractivity contribution in [3.63, 3.8) is 0 Å². The minimum absolute atomic E-state index is 0.0904. The van der Waals surface area contributed by atoms with E-state index in [1.807, 2.05) is 19.0 Å². The quantitative estimate of drug-likeness (QED) is 0.0397. The van der Waals surface area contributed by atoms with Gasteiger partial charge in [0.1, 0.15) is 19.8 Å². The summed E-state index contributed by atoms with van der Waals surface area (Å²) < 4.78 is 17.1. The van der Waals surface area contributed by atoms with Crippen LogP contribution < -0.4 is 0 Å². The molecule has 1 unspecified atom stereocenters. The van der Waals surface area contributed by atoms with Crippen molar-refractivity contribution in [3.05, 3.63) is 24.3 Å². The van der Waals surface area contributed by atoms with E-state index in [0.29, 0.717) is 30.6 Å². The number of carbonyl (C=O) groups excluding carboxylic acids is 3. The maximum atomic E-state index is 13.4. The van der Waals surface area contributed by atoms with E-state index >= 15 is 0 Å². The third-order valence-corrected chi connectivity index (χ3v) is 10.4. The van der Waals surface area contributed by atoms with E-state index in [9.17, 15) is 14.4 Å². The van der Waals surface area contributed by atoms with Crippen molar-refractivity contribution < 1.29 is 28.6 Å². The zero-order chi connectivity index (χ0) is 33.7. The third-order valence-electron chi connectivity index (χ3n) is 10.4. The first-order chi connectivity index (χ1) is 22.8. The molecule has 7 nitrogen and oxygen atoms in total. The molecule has 0 heterocycles. The van der Waals surface area contributed by atoms with Crippen molar-refractivity contribution in [2.24, 2.45) is 29.1 Å². The number of unbranched alkanes of at least 4 members (excludes halogenated alkanes) is 9. The third kappa shape index (κ3) is 15.7. The van der Waals surface area contributed by atoms with Crippen LogP contribution in [0, 0.1) is 29.1 Å². The average Bonchev–Trinajstić information content (AvgIpc) is 3.03. The minimum Gasteiger partial charge on any atom is -0.465 e. The number of hydrogen-bond donors (Lipinski definition) is 0. The monoisotopic (exact) mass is 657 g/mol. The Morgan fingerprint density at radius 2 is 1.15 bits per heavy atom. The van der Waals surface area contributed by atoms with Gasteiger partial charge in [-0.3, -0.25) is 14.4 Å². The summed E-state index contributed by atoms with van der Waals surface area (Å²) in [5, 5.41) is 0. The maximum Gasteiger partial charge on any atom is 0.312 e. The molecule has 4 saturated carbocycles. The van der Waals surface area contributed by atoms with Crippen LogP contribution in [0.25, 0.3) is 0 Å². The highest BCUT2D eigenvalue weighted by atomic mass is 16.6. The highest BCUT2D eigenvalue weighted by molar-refractivity contribution is 5.77. The second-order valence-corrected chi connectivity index (χ2v) is 15.3. The molecule has 0 saturated heterocycles. The molecule has 7 heteroatoms. The van der Waals surface area contributed by atoms with E-state index in [-0.39, 0.29) is 49.1 Å². The first-order valence-corrected chi connectivity index (χ1v) is 19.2. The fourth-order valence-corrected chi connectivity index (χ4v) is 8.21. The lowest BCUT2D eigenvalue weighted by Crippen LogP contribution is -2.50. The Balaban J connectivity index is 1.29. The van der Waals surface area contributed by atoms with Crippen molar-refractivity contribution >= 4 is 17.9 Å². The first kappa shape index (κ1) is 39.3. The first-order valence-electron chi connectivity index (χ1n) is 19.2. The van der Waals surface area contributed by atoms with Gasteiger partial charge < -0.3 is 19.1 Å². The van der Waals surface area contributed by atoms with E-state index in [4.69, 9.17) is 14.2 Å². The van der Waals surface area contributed by atoms with Gasteiger partial charge in [0.15, 0.2) is 0 Å². The molecule has 0 radical (unpaired) electrons. The Bertz CT molecular complexity index is 936. The van der Waals surface area contributed by atoms with Crippen LogP contribution in [0.5, 0.6) is 0 Å². The summed E-state index contributed by atoms with van der Waals surface area (Å²) in [7, 11) is 3.95. The molecule has 4 fully saturated rings. The zero-order valence-electron chi connectivity index (χ0n) is 30.2. The van der Waals surface area contributed by atoms with Gasteiger partial charge in [0.2, 0.25) is 0 Å². The molecule has 4 aliphatic rings. The fraction of sp³-hybridized carbons (Fsp3) is 0.825. The van der Waals surface area contributed by atoms with Gasteiger partial charge in [-0.15, -0.1) is 0 Å². The molecule has 0 aromatic heterocycles. The summed E-state index contributed by atoms with van der Waals surface area (Å²) in [6.45, 7) is 3.36. The van der Waals surface area contributed by atoms with Crippen molar-refractivity contribution in [3.8, 4) is 0 Å². The molecule has 0 aliphatic heterocycles. The molecule has 4 bridgehead atoms. The number of hydrogen-bond acceptors (Lipinski definition) is 7. The summed E-state index contributed by atoms with van der Waals surface area (Å²) in [5.74, 6) is 1.04. The lowest BCUT2D eigenvalue weighted by Gasteiger charge is -2.55. The highest BCUT2D eigenvalue weighted by Gasteiger charge is 2.55. The molecular weight excluding hydrogens is 590 g/mol. The number of esters is 3. The molecule has 0 spiro atoms. The van der Waals surface area contributed by atoms with Gasteiger partial charge in [-0.25, -0.2) is 0 Å². The second-order valence-electron chi connectivity index (χ2n) is 15.3. The molecule has 0 amide bonds. The Labute approximate surface area is 286 Å². The Hall–Kier alpha value is -2.15. The SMILES string of the molecule is CCCCC/C=C\C/C=C\CCCCCCCCC(=O)OCC(COC(=O)CCCN(C)C)COC(=O)C12CC3CC(CC(C3)C1)C2. The summed E-state index contributed by atoms with van der Waals surface area (Å²) in [6.07, 6.45) is 31.1. The molecule has 4 rings (SSSR count). The van der Waals surface area contributed by atoms with Gasteiger partial charge in [-0.1, -0.05) is 69.8 Å². The van der Waals surface area contributed by atoms with Crippen LogP contribution in [0.4, 0.5) is 0 Å². The van der Waals surface area contributed by atoms with Crippen molar-refractivity contribution in [1.82, 2.24) is 4.90 Å². The summed E-state index contributed by atoms with van der Waals surface area (Å²) in [5.41, 5.74) is -0.333. The van der Waals surface area contributed by atoms with Crippen LogP contribution >= 0.6 is 0 Å². The lowest BCUT2D eigenvalue weighted by atomic mass is 9.49. The van der Waals surface area contributed by atoms with Gasteiger partial charge >= 0.3 is 17.9 Å². The average molecular weight is 658 g/mol. The maximum absolute atomic E-state index is 13.4. The number of nitrogens with zero attached hydrogens (tertiary/aromatic N) is 1. The molecule has 4 aliphatic carbocycles. The lowest BCUT2D eigenvalue weighted by molar-refractivity contribution is -0.174. The standard InChI is InChI=1S/C40H67NO6/c1-4-5-6-7-8-9-10-11-12-13-14-15-16-17-18-19-21-37(42)45-30-36(31-46-38(43)22-20-23-41(2)3)32-47-39(44)40-27-33-24-34(28-40)26-35(25-33)29-40/h8-9,11-12,33-36H,4-7,10,13-32H2,1-3H3/b9-8-,12-11-. The molecule has 47 heavy (non-hydrogen) atoms. The molecule has 268 valence electrons. The minimum atomic E-state index is -0.356. The molecule has 0 N–H and O–H groups in total. The summed E-state index contributed by atoms with van der Waals surface area (Å²) in [6, 6.07) is 0. The van der Waals surface area contributed by atoms with E-state index in [0.717, 1.165) is 64.3 Å². The van der Waals surface area contributed by atoms with Crippen molar-refractivity contribution in [1.29, 1.82) is 0 Å². The normalized spacial score (nSPS) is 24.0. The highest BCUT2D eigenvalue weighted by Crippen LogP contribution is 2.60. The van der Waals surface area contributed by atoms with E-state index in [2.05, 4.69) is 31.2 Å². The zero-order valence-corrected chi connectivity index (χ0v) is 30.2. The fourth-order valence-electron chi connectivity index (χ4n) is 8.21. The summed E-state index contributed by atoms with van der Waals surface area (Å²) >= 11 is 0. The predicted molar refractivity (Wildman–Crippen MR) is 189 cm³/mol. The van der Waals surface area contributed by atoms with Crippen molar-refractivity contribution in [2.75, 3.05) is 40.5 Å². The largest absolute Gasteiger partial charge is 0.465 e. The van der Waals surface area contributed by atoms with Gasteiger partial charge in [-0.05, 0) is 122 Å². The Morgan fingerprint density at radius 1 is 0.660 bits per heavy atom. The van der Waals surface area contributed by atoms with E-state index in [1.165, 1.54) is 64.2 Å². The molecular formula is C40H67NO6. The number of allylic oxidation sites excluding steroid dienone is 4. The van der Waals surface area contributed by atoms with Crippen LogP contribution in [0.3, 0.4) is 0 Å². The van der Waals surface area contributed by atoms with Crippen LogP contribution in [0.1, 0.15) is 142 Å². The van der Waals surface area contributed by atoms with Gasteiger partial charge in [-0.2, -0.15) is 0 Å². The molecule has 0 aromatic rings. The van der Waals surface area contributed by atoms with Crippen LogP contribution in [-0.4, -0.2) is 63.3 Å². The Morgan fingerprint density at radius 3 is 1.70 bits per heavy atom. The topological polar surface area (TPSA) is 82.1 Å². The number of rotatable bonds is 26. The smallest absolute Gasteiger partial charge is 0.312 e. The van der Waals surface area contributed by atoms with Gasteiger partial charge in [0.05, 0.1) is 11.3 Å². The van der Waals surface area contributed by atoms with Crippen LogP contribution in [-0.2, 0) is 28.6 Å².